The number of ether oxygens (including phenoxy) is 2. The van der Waals surface area contributed by atoms with Crippen molar-refractivity contribution < 1.29 is 14.3 Å². The molecule has 12 heteroatoms. The van der Waals surface area contributed by atoms with Crippen LogP contribution in [0, 0.1) is 5.41 Å². The van der Waals surface area contributed by atoms with Crippen LogP contribution in [0.15, 0.2) is 30.6 Å². The number of halogens is 4. The zero-order valence-corrected chi connectivity index (χ0v) is 19.9. The van der Waals surface area contributed by atoms with E-state index in [2.05, 4.69) is 15.2 Å². The summed E-state index contributed by atoms with van der Waals surface area (Å²) in [5, 5.41) is 7.23. The van der Waals surface area contributed by atoms with Gasteiger partial charge in [0.05, 0.1) is 0 Å². The second-order valence-corrected chi connectivity index (χ2v) is 11.8. The molecular weight excluding hydrogens is 482 g/mol. The summed E-state index contributed by atoms with van der Waals surface area (Å²) in [6.07, 6.45) is -0.906. The van der Waals surface area contributed by atoms with Crippen molar-refractivity contribution in [2.75, 3.05) is 7.05 Å². The van der Waals surface area contributed by atoms with Crippen LogP contribution >= 0.6 is 58.4 Å². The van der Waals surface area contributed by atoms with Gasteiger partial charge < -0.3 is 9.47 Å². The molecule has 29 heavy (non-hydrogen) atoms. The average molecular weight is 502 g/mol. The van der Waals surface area contributed by atoms with E-state index in [9.17, 15) is 4.79 Å². The molecule has 0 aliphatic rings. The minimum Gasteiger partial charge on any atom is -0.478 e. The molecule has 7 nitrogen and oxygen atoms in total. The third kappa shape index (κ3) is 7.61. The second kappa shape index (κ2) is 9.83. The van der Waals surface area contributed by atoms with Crippen molar-refractivity contribution in [1.82, 2.24) is 19.5 Å². The number of hydrogen-bond acceptors (Lipinski definition) is 6. The highest BCUT2D eigenvalue weighted by Gasteiger charge is 2.41. The Balaban J connectivity index is 2.31. The lowest BCUT2D eigenvalue weighted by Crippen LogP contribution is -2.42. The van der Waals surface area contributed by atoms with E-state index in [0.717, 1.165) is 4.31 Å². The maximum Gasteiger partial charge on any atom is 0.420 e. The molecule has 0 bridgehead atoms. The van der Waals surface area contributed by atoms with Crippen molar-refractivity contribution in [2.24, 2.45) is 5.41 Å². The Morgan fingerprint density at radius 2 is 1.83 bits per heavy atom. The first-order chi connectivity index (χ1) is 13.4. The molecule has 0 spiro atoms. The quantitative estimate of drug-likeness (QED) is 0.384. The summed E-state index contributed by atoms with van der Waals surface area (Å²) in [4.78, 5) is 16.8. The minimum atomic E-state index is -1.71. The number of rotatable bonds is 6. The summed E-state index contributed by atoms with van der Waals surface area (Å²) < 4.78 is 11.3. The summed E-state index contributed by atoms with van der Waals surface area (Å²) >= 11 is 23.9. The zero-order chi connectivity index (χ0) is 21.8. The third-order valence-electron chi connectivity index (χ3n) is 3.63. The summed E-state index contributed by atoms with van der Waals surface area (Å²) in [5.74, 6) is 0.912. The van der Waals surface area contributed by atoms with Gasteiger partial charge in [-0.2, -0.15) is 5.10 Å². The van der Waals surface area contributed by atoms with Crippen LogP contribution in [0.1, 0.15) is 32.7 Å². The first-order valence-corrected chi connectivity index (χ1v) is 10.6. The third-order valence-corrected chi connectivity index (χ3v) is 5.14. The molecule has 0 saturated carbocycles. The van der Waals surface area contributed by atoms with Gasteiger partial charge in [0, 0.05) is 29.4 Å². The van der Waals surface area contributed by atoms with Gasteiger partial charge in [0.25, 0.3) is 3.12 Å². The predicted octanol–water partition coefficient (Wildman–Crippen LogP) is 6.04. The highest BCUT2D eigenvalue weighted by molar-refractivity contribution is 8.03. The van der Waals surface area contributed by atoms with Gasteiger partial charge in [0.2, 0.25) is 0 Å². The molecule has 0 aliphatic carbocycles. The number of carbonyl (C=O) groups is 1. The predicted molar refractivity (Wildman–Crippen MR) is 117 cm³/mol. The van der Waals surface area contributed by atoms with Gasteiger partial charge in [-0.3, -0.25) is 9.40 Å². The molecule has 2 aromatic rings. The summed E-state index contributed by atoms with van der Waals surface area (Å²) in [5.41, 5.74) is -0.537. The van der Waals surface area contributed by atoms with E-state index in [1.807, 2.05) is 20.8 Å². The molecule has 0 aliphatic heterocycles. The Kier molecular flexibility index (Phi) is 8.21. The lowest BCUT2D eigenvalue weighted by atomic mass is 9.85. The van der Waals surface area contributed by atoms with E-state index in [-0.39, 0.29) is 0 Å². The maximum atomic E-state index is 12.6. The molecule has 1 N–H and O–H groups in total. The first kappa shape index (κ1) is 24.2. The van der Waals surface area contributed by atoms with Crippen molar-refractivity contribution in [3.63, 3.8) is 0 Å². The van der Waals surface area contributed by atoms with Crippen LogP contribution < -0.4 is 4.74 Å². The molecule has 2 atom stereocenters. The van der Waals surface area contributed by atoms with Crippen LogP contribution in [-0.2, 0) is 4.74 Å². The Labute approximate surface area is 193 Å². The van der Waals surface area contributed by atoms with Crippen LogP contribution in [0.5, 0.6) is 5.75 Å². The largest absolute Gasteiger partial charge is 0.478 e. The van der Waals surface area contributed by atoms with Crippen molar-refractivity contribution in [3.8, 4) is 5.75 Å². The number of alkyl halides is 3. The molecule has 0 radical (unpaired) electrons. The van der Waals surface area contributed by atoms with Crippen LogP contribution in [0.2, 0.25) is 5.02 Å². The molecule has 1 amide bonds. The first-order valence-electron chi connectivity index (χ1n) is 8.34. The smallest absolute Gasteiger partial charge is 0.420 e. The zero-order valence-electron chi connectivity index (χ0n) is 16.0. The number of H-pyrrole nitrogens is 1. The highest BCUT2D eigenvalue weighted by atomic mass is 35.6. The molecule has 1 aromatic carbocycles. The Morgan fingerprint density at radius 1 is 1.21 bits per heavy atom. The average Bonchev–Trinajstić information content (AvgIpc) is 3.11. The van der Waals surface area contributed by atoms with Gasteiger partial charge in [-0.05, 0) is 24.3 Å². The van der Waals surface area contributed by atoms with Gasteiger partial charge in [0.15, 0.2) is 18.0 Å². The van der Waals surface area contributed by atoms with Gasteiger partial charge in [0.1, 0.15) is 12.1 Å². The van der Waals surface area contributed by atoms with E-state index >= 15 is 0 Å². The Hall–Kier alpha value is -1.06. The van der Waals surface area contributed by atoms with Crippen LogP contribution in [0.4, 0.5) is 4.79 Å². The van der Waals surface area contributed by atoms with Gasteiger partial charge in [-0.25, -0.2) is 9.78 Å². The van der Waals surface area contributed by atoms with Crippen LogP contribution in [-0.4, -0.2) is 41.9 Å². The Bertz CT molecular complexity index is 794. The van der Waals surface area contributed by atoms with Crippen molar-refractivity contribution in [3.05, 3.63) is 41.4 Å². The SMILES string of the molecule is CN(SC(Cl)(Cl)Cl)C(=O)OC(C(Oc1ccc(Cl)cc1)c1ncn[nH]1)C(C)(C)C. The summed E-state index contributed by atoms with van der Waals surface area (Å²) in [6, 6.07) is 6.80. The van der Waals surface area contributed by atoms with E-state index in [4.69, 9.17) is 55.9 Å². The molecule has 160 valence electrons. The number of carbonyl (C=O) groups excluding carboxylic acids is 1. The van der Waals surface area contributed by atoms with Gasteiger partial charge >= 0.3 is 6.09 Å². The highest BCUT2D eigenvalue weighted by Crippen LogP contribution is 2.41. The monoisotopic (exact) mass is 500 g/mol. The molecule has 2 unspecified atom stereocenters. The lowest BCUT2D eigenvalue weighted by Gasteiger charge is -2.36. The normalized spacial score (nSPS) is 14.2. The fourth-order valence-corrected chi connectivity index (χ4v) is 3.83. The van der Waals surface area contributed by atoms with Crippen LogP contribution in [0.3, 0.4) is 0 Å². The van der Waals surface area contributed by atoms with E-state index < -0.39 is 26.8 Å². The molecular formula is C17H20Cl4N4O3S. The molecule has 0 saturated heterocycles. The number of amides is 1. The fourth-order valence-electron chi connectivity index (χ4n) is 2.34. The molecule has 2 rings (SSSR count). The fraction of sp³-hybridized carbons (Fsp3) is 0.471. The van der Waals surface area contributed by atoms with Gasteiger partial charge in [-0.1, -0.05) is 67.2 Å². The summed E-state index contributed by atoms with van der Waals surface area (Å²) in [6.45, 7) is 5.71. The van der Waals surface area contributed by atoms with E-state index in [1.54, 1.807) is 24.3 Å². The maximum absolute atomic E-state index is 12.6. The molecule has 1 heterocycles. The van der Waals surface area contributed by atoms with Crippen molar-refractivity contribution >= 4 is 64.4 Å². The van der Waals surface area contributed by atoms with Crippen molar-refractivity contribution in [2.45, 2.75) is 36.1 Å². The number of benzene rings is 1. The topological polar surface area (TPSA) is 80.3 Å². The second-order valence-electron chi connectivity index (χ2n) is 7.07. The van der Waals surface area contributed by atoms with E-state index in [1.165, 1.54) is 13.4 Å². The number of nitrogens with one attached hydrogen (secondary N) is 1. The number of nitrogens with zero attached hydrogens (tertiary/aromatic N) is 3. The van der Waals surface area contributed by atoms with E-state index in [0.29, 0.717) is 28.5 Å². The Morgan fingerprint density at radius 3 is 2.31 bits per heavy atom. The number of aromatic nitrogens is 3. The van der Waals surface area contributed by atoms with Crippen LogP contribution in [0.25, 0.3) is 0 Å². The lowest BCUT2D eigenvalue weighted by molar-refractivity contribution is -0.0512. The van der Waals surface area contributed by atoms with Crippen molar-refractivity contribution in [1.29, 1.82) is 0 Å². The minimum absolute atomic E-state index is 0.393. The summed E-state index contributed by atoms with van der Waals surface area (Å²) in [7, 11) is 1.44. The number of aromatic amines is 1. The van der Waals surface area contributed by atoms with Gasteiger partial charge in [-0.15, -0.1) is 0 Å². The molecule has 1 aromatic heterocycles. The standard InChI is InChI=1S/C17H20Cl4N4O3S/c1-16(2,3)13(28-15(26)25(4)29-17(19,20)21)12(14-22-9-23-24-14)27-11-7-5-10(18)6-8-11/h5-9,12-13H,1-4H3,(H,22,23,24). The number of hydrogen-bond donors (Lipinski definition) is 1. The molecule has 0 fully saturated rings.